The molecule has 0 bridgehead atoms. The molecule has 1 fully saturated rings. The predicted molar refractivity (Wildman–Crippen MR) is 85.1 cm³/mol. The lowest BCUT2D eigenvalue weighted by Crippen LogP contribution is -2.44. The average molecular weight is 297 g/mol. The number of nitrogens with zero attached hydrogens (tertiary/aromatic N) is 1. The Morgan fingerprint density at radius 2 is 2.05 bits per heavy atom. The van der Waals surface area contributed by atoms with Crippen LogP contribution in [0.25, 0.3) is 0 Å². The van der Waals surface area contributed by atoms with Crippen molar-refractivity contribution in [3.8, 4) is 0 Å². The van der Waals surface area contributed by atoms with Gasteiger partial charge in [0.2, 0.25) is 7.29 Å². The largest absolute Gasteiger partial charge is 0.457 e. The molecule has 0 aliphatic carbocycles. The van der Waals surface area contributed by atoms with E-state index in [9.17, 15) is 4.57 Å². The molecule has 1 saturated heterocycles. The second-order valence-corrected chi connectivity index (χ2v) is 10.3. The monoisotopic (exact) mass is 297 g/mol. The zero-order valence-corrected chi connectivity index (χ0v) is 14.4. The number of furan rings is 1. The summed E-state index contributed by atoms with van der Waals surface area (Å²) >= 11 is 0. The number of rotatable bonds is 3. The molecule has 4 heteroatoms. The van der Waals surface area contributed by atoms with Gasteiger partial charge in [-0.1, -0.05) is 34.1 Å². The second kappa shape index (κ2) is 5.69. The van der Waals surface area contributed by atoms with E-state index < -0.39 is 7.29 Å². The molecule has 1 aromatic heterocycles. The fourth-order valence-electron chi connectivity index (χ4n) is 3.20. The summed E-state index contributed by atoms with van der Waals surface area (Å²) < 4.78 is 22.1. The summed E-state index contributed by atoms with van der Waals surface area (Å²) in [5, 5.41) is -0.304. The highest BCUT2D eigenvalue weighted by atomic mass is 31.2. The van der Waals surface area contributed by atoms with Crippen LogP contribution >= 0.6 is 7.29 Å². The standard InChI is InChI=1S/C16H28NO2P/c1-6-14-9-7-8-12-17(14)20(18,16(3,4)5)15-11-10-13(2)19-15/h10-11,14H,6-9,12H2,1-5H3/t14-,20-/m0/s1. The molecule has 0 amide bonds. The highest BCUT2D eigenvalue weighted by Gasteiger charge is 2.48. The fourth-order valence-corrected chi connectivity index (χ4v) is 6.59. The van der Waals surface area contributed by atoms with E-state index in [0.717, 1.165) is 31.6 Å². The Hall–Kier alpha value is -0.530. The van der Waals surface area contributed by atoms with E-state index in [4.69, 9.17) is 4.42 Å². The summed E-state index contributed by atoms with van der Waals surface area (Å²) in [5.41, 5.74) is 0.683. The van der Waals surface area contributed by atoms with Crippen LogP contribution in [0.1, 0.15) is 59.1 Å². The first-order valence-electron chi connectivity index (χ1n) is 7.75. The van der Waals surface area contributed by atoms with E-state index in [0.29, 0.717) is 11.5 Å². The molecule has 2 rings (SSSR count). The fraction of sp³-hybridized carbons (Fsp3) is 0.750. The van der Waals surface area contributed by atoms with Crippen molar-refractivity contribution in [1.29, 1.82) is 0 Å². The number of piperidine rings is 1. The van der Waals surface area contributed by atoms with Gasteiger partial charge in [-0.25, -0.2) is 4.67 Å². The first-order valence-corrected chi connectivity index (χ1v) is 9.41. The quantitative estimate of drug-likeness (QED) is 0.767. The molecule has 1 aliphatic rings. The van der Waals surface area contributed by atoms with Crippen LogP contribution in [0.3, 0.4) is 0 Å². The van der Waals surface area contributed by atoms with Gasteiger partial charge in [0.05, 0.1) is 0 Å². The molecule has 2 atom stereocenters. The Labute approximate surface area is 123 Å². The molecule has 1 aromatic rings. The first-order chi connectivity index (χ1) is 9.30. The molecular formula is C16H28NO2P. The van der Waals surface area contributed by atoms with E-state index >= 15 is 0 Å². The van der Waals surface area contributed by atoms with Gasteiger partial charge in [0.25, 0.3) is 0 Å². The predicted octanol–water partition coefficient (Wildman–Crippen LogP) is 4.55. The summed E-state index contributed by atoms with van der Waals surface area (Å²) in [6, 6.07) is 4.26. The van der Waals surface area contributed by atoms with E-state index in [1.54, 1.807) is 0 Å². The van der Waals surface area contributed by atoms with Crippen molar-refractivity contribution in [2.24, 2.45) is 0 Å². The van der Waals surface area contributed by atoms with Crippen LogP contribution in [0.4, 0.5) is 0 Å². The maximum atomic E-state index is 14.0. The van der Waals surface area contributed by atoms with Crippen molar-refractivity contribution in [2.45, 2.75) is 71.5 Å². The van der Waals surface area contributed by atoms with Crippen molar-refractivity contribution in [1.82, 2.24) is 4.67 Å². The molecule has 0 unspecified atom stereocenters. The van der Waals surface area contributed by atoms with Crippen molar-refractivity contribution in [2.75, 3.05) is 6.54 Å². The minimum Gasteiger partial charge on any atom is -0.457 e. The van der Waals surface area contributed by atoms with Crippen molar-refractivity contribution >= 4 is 12.8 Å². The summed E-state index contributed by atoms with van der Waals surface area (Å²) in [5.74, 6) is 0.842. The van der Waals surface area contributed by atoms with Crippen molar-refractivity contribution in [3.05, 3.63) is 17.9 Å². The normalized spacial score (nSPS) is 24.6. The van der Waals surface area contributed by atoms with Gasteiger partial charge < -0.3 is 4.42 Å². The van der Waals surface area contributed by atoms with Gasteiger partial charge in [0, 0.05) is 17.7 Å². The van der Waals surface area contributed by atoms with Crippen LogP contribution in [0.5, 0.6) is 0 Å². The van der Waals surface area contributed by atoms with E-state index in [1.165, 1.54) is 6.42 Å². The van der Waals surface area contributed by atoms with Gasteiger partial charge in [-0.05, 0) is 38.3 Å². The molecular weight excluding hydrogens is 269 g/mol. The van der Waals surface area contributed by atoms with E-state index in [2.05, 4.69) is 32.4 Å². The van der Waals surface area contributed by atoms with Gasteiger partial charge in [0.15, 0.2) is 5.50 Å². The molecule has 20 heavy (non-hydrogen) atoms. The Balaban J connectivity index is 2.49. The molecule has 2 heterocycles. The van der Waals surface area contributed by atoms with Crippen LogP contribution < -0.4 is 5.50 Å². The highest BCUT2D eigenvalue weighted by molar-refractivity contribution is 7.70. The van der Waals surface area contributed by atoms with Gasteiger partial charge in [-0.3, -0.25) is 4.57 Å². The first kappa shape index (κ1) is 15.9. The van der Waals surface area contributed by atoms with E-state index in [1.807, 2.05) is 19.1 Å². The topological polar surface area (TPSA) is 33.5 Å². The van der Waals surface area contributed by atoms with Crippen LogP contribution in [0.2, 0.25) is 0 Å². The number of hydrogen-bond donors (Lipinski definition) is 0. The maximum absolute atomic E-state index is 14.0. The minimum atomic E-state index is -2.72. The molecule has 0 saturated carbocycles. The molecule has 3 nitrogen and oxygen atoms in total. The van der Waals surface area contributed by atoms with Gasteiger partial charge in [0.1, 0.15) is 5.76 Å². The van der Waals surface area contributed by atoms with Crippen molar-refractivity contribution < 1.29 is 8.98 Å². The van der Waals surface area contributed by atoms with Crippen LogP contribution in [0.15, 0.2) is 16.5 Å². The van der Waals surface area contributed by atoms with Crippen LogP contribution in [-0.4, -0.2) is 22.4 Å². The number of hydrogen-bond acceptors (Lipinski definition) is 2. The lowest BCUT2D eigenvalue weighted by molar-refractivity contribution is 0.239. The Morgan fingerprint density at radius 3 is 2.55 bits per heavy atom. The molecule has 0 aromatic carbocycles. The SMILES string of the molecule is CC[C@H]1CCCCN1[P@](=O)(c1ccc(C)o1)C(C)(C)C. The Morgan fingerprint density at radius 1 is 1.35 bits per heavy atom. The average Bonchev–Trinajstić information content (AvgIpc) is 2.83. The zero-order chi connectivity index (χ0) is 15.0. The smallest absolute Gasteiger partial charge is 0.217 e. The molecule has 0 radical (unpaired) electrons. The lowest BCUT2D eigenvalue weighted by atomic mass is 10.0. The minimum absolute atomic E-state index is 0.304. The Kier molecular flexibility index (Phi) is 4.51. The van der Waals surface area contributed by atoms with Crippen LogP contribution in [0, 0.1) is 6.92 Å². The van der Waals surface area contributed by atoms with Gasteiger partial charge >= 0.3 is 0 Å². The zero-order valence-electron chi connectivity index (χ0n) is 13.5. The summed E-state index contributed by atoms with van der Waals surface area (Å²) in [6.45, 7) is 11.3. The third kappa shape index (κ3) is 2.63. The number of aryl methyl sites for hydroxylation is 1. The van der Waals surface area contributed by atoms with E-state index in [-0.39, 0.29) is 5.16 Å². The molecule has 1 aliphatic heterocycles. The highest BCUT2D eigenvalue weighted by Crippen LogP contribution is 2.61. The summed E-state index contributed by atoms with van der Waals surface area (Å²) in [4.78, 5) is 0. The van der Waals surface area contributed by atoms with Crippen LogP contribution in [-0.2, 0) is 4.57 Å². The van der Waals surface area contributed by atoms with Gasteiger partial charge in [-0.2, -0.15) is 0 Å². The summed E-state index contributed by atoms with van der Waals surface area (Å²) in [6.07, 6.45) is 4.59. The molecule has 0 spiro atoms. The van der Waals surface area contributed by atoms with Crippen molar-refractivity contribution in [3.63, 3.8) is 0 Å². The maximum Gasteiger partial charge on any atom is 0.217 e. The Bertz CT molecular complexity index is 501. The lowest BCUT2D eigenvalue weighted by Gasteiger charge is -2.45. The third-order valence-corrected chi connectivity index (χ3v) is 8.27. The molecule has 114 valence electrons. The summed E-state index contributed by atoms with van der Waals surface area (Å²) in [7, 11) is -2.72. The molecule has 0 N–H and O–H groups in total. The third-order valence-electron chi connectivity index (χ3n) is 4.36. The van der Waals surface area contributed by atoms with Gasteiger partial charge in [-0.15, -0.1) is 0 Å². The second-order valence-electron chi connectivity index (χ2n) is 6.85.